The molecule has 2 atom stereocenters. The number of hydrogen-bond acceptors (Lipinski definition) is 4. The first-order valence-corrected chi connectivity index (χ1v) is 8.05. The van der Waals surface area contributed by atoms with Crippen molar-refractivity contribution in [3.8, 4) is 0 Å². The van der Waals surface area contributed by atoms with Crippen molar-refractivity contribution < 1.29 is 9.90 Å². The van der Waals surface area contributed by atoms with Crippen LogP contribution in [0, 0.1) is 19.8 Å². The summed E-state index contributed by atoms with van der Waals surface area (Å²) in [6.07, 6.45) is 0. The van der Waals surface area contributed by atoms with Crippen LogP contribution in [0.25, 0.3) is 0 Å². The second-order valence-corrected chi connectivity index (χ2v) is 6.63. The molecule has 0 radical (unpaired) electrons. The van der Waals surface area contributed by atoms with E-state index in [2.05, 4.69) is 11.2 Å². The summed E-state index contributed by atoms with van der Waals surface area (Å²) < 4.78 is 0. The van der Waals surface area contributed by atoms with Crippen LogP contribution in [0.5, 0.6) is 0 Å². The largest absolute Gasteiger partial charge is 0.481 e. The molecule has 0 saturated carbocycles. The van der Waals surface area contributed by atoms with Crippen LogP contribution in [0.3, 0.4) is 0 Å². The third-order valence-electron chi connectivity index (χ3n) is 3.99. The highest BCUT2D eigenvalue weighted by Crippen LogP contribution is 2.42. The molecule has 1 N–H and O–H groups in total. The molecular formula is C17H18N2O2S. The molecule has 1 aliphatic rings. The van der Waals surface area contributed by atoms with Crippen LogP contribution < -0.4 is 5.01 Å². The van der Waals surface area contributed by atoms with Crippen LogP contribution in [-0.2, 0) is 4.79 Å². The van der Waals surface area contributed by atoms with E-state index < -0.39 is 11.9 Å². The Bertz CT molecular complexity index is 737. The van der Waals surface area contributed by atoms with Gasteiger partial charge in [0.25, 0.3) is 0 Å². The van der Waals surface area contributed by atoms with Crippen molar-refractivity contribution in [3.63, 3.8) is 0 Å². The number of carboxylic acids is 1. The molecule has 5 heteroatoms. The lowest BCUT2D eigenvalue weighted by molar-refractivity contribution is -0.139. The van der Waals surface area contributed by atoms with Gasteiger partial charge in [-0.3, -0.25) is 9.80 Å². The maximum Gasteiger partial charge on any atom is 0.314 e. The molecule has 114 valence electrons. The van der Waals surface area contributed by atoms with Crippen LogP contribution in [-0.4, -0.2) is 16.8 Å². The highest BCUT2D eigenvalue weighted by atomic mass is 32.1. The third kappa shape index (κ3) is 2.41. The van der Waals surface area contributed by atoms with E-state index in [4.69, 9.17) is 0 Å². The molecule has 22 heavy (non-hydrogen) atoms. The summed E-state index contributed by atoms with van der Waals surface area (Å²) in [6.45, 7) is 5.88. The zero-order valence-electron chi connectivity index (χ0n) is 12.8. The Morgan fingerprint density at radius 2 is 2.05 bits per heavy atom. The quantitative estimate of drug-likeness (QED) is 0.931. The Balaban J connectivity index is 2.10. The molecule has 1 aliphatic heterocycles. The first-order chi connectivity index (χ1) is 10.5. The second-order valence-electron chi connectivity index (χ2n) is 5.65. The fourth-order valence-corrected chi connectivity index (χ4v) is 3.84. The standard InChI is InChI=1S/C17H18N2O2S/c1-10-6-7-13(11(2)9-10)19-16(14-5-4-8-22-14)15(17(20)21)12(3)18-19/h4-9,15-16H,1-3H3,(H,20,21). The number of thiophene rings is 1. The molecule has 0 bridgehead atoms. The third-order valence-corrected chi connectivity index (χ3v) is 4.94. The van der Waals surface area contributed by atoms with Crippen molar-refractivity contribution in [3.05, 3.63) is 51.7 Å². The molecule has 2 unspecified atom stereocenters. The number of aliphatic carboxylic acids is 1. The number of carbonyl (C=O) groups is 1. The van der Waals surface area contributed by atoms with Crippen molar-refractivity contribution in [2.75, 3.05) is 5.01 Å². The van der Waals surface area contributed by atoms with E-state index in [1.165, 1.54) is 5.56 Å². The topological polar surface area (TPSA) is 52.9 Å². The first-order valence-electron chi connectivity index (χ1n) is 7.17. The number of rotatable bonds is 3. The van der Waals surface area contributed by atoms with E-state index in [0.717, 1.165) is 16.1 Å². The van der Waals surface area contributed by atoms with Gasteiger partial charge in [0.1, 0.15) is 12.0 Å². The smallest absolute Gasteiger partial charge is 0.314 e. The maximum atomic E-state index is 11.7. The predicted octanol–water partition coefficient (Wildman–Crippen LogP) is 4.00. The van der Waals surface area contributed by atoms with Gasteiger partial charge in [0.05, 0.1) is 11.4 Å². The lowest BCUT2D eigenvalue weighted by Gasteiger charge is -2.27. The highest BCUT2D eigenvalue weighted by Gasteiger charge is 2.42. The van der Waals surface area contributed by atoms with Crippen molar-refractivity contribution in [1.82, 2.24) is 0 Å². The van der Waals surface area contributed by atoms with Crippen LogP contribution in [0.2, 0.25) is 0 Å². The molecule has 2 aromatic rings. The normalized spacial score (nSPS) is 21.0. The predicted molar refractivity (Wildman–Crippen MR) is 89.7 cm³/mol. The Hall–Kier alpha value is -2.14. The average Bonchev–Trinajstić information content (AvgIpc) is 3.05. The molecule has 1 aromatic carbocycles. The lowest BCUT2D eigenvalue weighted by atomic mass is 9.94. The van der Waals surface area contributed by atoms with Crippen molar-refractivity contribution in [2.24, 2.45) is 11.0 Å². The van der Waals surface area contributed by atoms with E-state index in [1.54, 1.807) is 18.3 Å². The lowest BCUT2D eigenvalue weighted by Crippen LogP contribution is -2.30. The van der Waals surface area contributed by atoms with Gasteiger partial charge in [0, 0.05) is 4.88 Å². The van der Waals surface area contributed by atoms with Gasteiger partial charge in [0.15, 0.2) is 0 Å². The number of anilines is 1. The first kappa shape index (κ1) is 14.8. The zero-order chi connectivity index (χ0) is 15.9. The Kier molecular flexibility index (Phi) is 3.74. The molecule has 0 spiro atoms. The van der Waals surface area contributed by atoms with Crippen LogP contribution >= 0.6 is 11.3 Å². The van der Waals surface area contributed by atoms with E-state index in [-0.39, 0.29) is 6.04 Å². The number of benzene rings is 1. The van der Waals surface area contributed by atoms with Gasteiger partial charge in [-0.1, -0.05) is 23.8 Å². The number of nitrogens with zero attached hydrogens (tertiary/aromatic N) is 2. The van der Waals surface area contributed by atoms with Gasteiger partial charge in [0.2, 0.25) is 0 Å². The minimum atomic E-state index is -0.827. The molecule has 3 rings (SSSR count). The van der Waals surface area contributed by atoms with Gasteiger partial charge in [-0.05, 0) is 43.8 Å². The fraction of sp³-hybridized carbons (Fsp3) is 0.294. The zero-order valence-corrected chi connectivity index (χ0v) is 13.6. The summed E-state index contributed by atoms with van der Waals surface area (Å²) in [5.41, 5.74) is 3.89. The summed E-state index contributed by atoms with van der Waals surface area (Å²) in [5.74, 6) is -1.44. The molecule has 4 nitrogen and oxygen atoms in total. The number of carboxylic acid groups (broad SMARTS) is 1. The summed E-state index contributed by atoms with van der Waals surface area (Å²) in [7, 11) is 0. The van der Waals surface area contributed by atoms with E-state index in [1.807, 2.05) is 48.5 Å². The van der Waals surface area contributed by atoms with E-state index in [0.29, 0.717) is 5.71 Å². The van der Waals surface area contributed by atoms with Crippen LogP contribution in [0.1, 0.15) is 29.0 Å². The Labute approximate surface area is 133 Å². The maximum absolute atomic E-state index is 11.7. The van der Waals surface area contributed by atoms with Crippen molar-refractivity contribution in [2.45, 2.75) is 26.8 Å². The SMILES string of the molecule is CC1=NN(c2ccc(C)cc2C)C(c2cccs2)C1C(=O)O. The minimum Gasteiger partial charge on any atom is -0.481 e. The van der Waals surface area contributed by atoms with Crippen LogP contribution in [0.4, 0.5) is 5.69 Å². The molecule has 0 amide bonds. The summed E-state index contributed by atoms with van der Waals surface area (Å²) in [6, 6.07) is 9.81. The monoisotopic (exact) mass is 314 g/mol. The number of hydrogen-bond donors (Lipinski definition) is 1. The second kappa shape index (κ2) is 5.57. The number of hydrazone groups is 1. The van der Waals surface area contributed by atoms with Gasteiger partial charge < -0.3 is 5.11 Å². The van der Waals surface area contributed by atoms with E-state index >= 15 is 0 Å². The number of aryl methyl sites for hydroxylation is 2. The van der Waals surface area contributed by atoms with Gasteiger partial charge in [-0.2, -0.15) is 5.10 Å². The van der Waals surface area contributed by atoms with Crippen molar-refractivity contribution >= 4 is 28.7 Å². The molecule has 1 aromatic heterocycles. The van der Waals surface area contributed by atoms with Gasteiger partial charge in [-0.15, -0.1) is 11.3 Å². The molecule has 0 fully saturated rings. The molecule has 0 saturated heterocycles. The summed E-state index contributed by atoms with van der Waals surface area (Å²) in [5, 5.41) is 18.0. The average molecular weight is 314 g/mol. The summed E-state index contributed by atoms with van der Waals surface area (Å²) in [4.78, 5) is 12.8. The van der Waals surface area contributed by atoms with E-state index in [9.17, 15) is 9.90 Å². The van der Waals surface area contributed by atoms with Gasteiger partial charge in [-0.25, -0.2) is 0 Å². The Morgan fingerprint density at radius 3 is 2.64 bits per heavy atom. The van der Waals surface area contributed by atoms with Crippen LogP contribution in [0.15, 0.2) is 40.8 Å². The molecular weight excluding hydrogens is 296 g/mol. The molecule has 0 aliphatic carbocycles. The highest BCUT2D eigenvalue weighted by molar-refractivity contribution is 7.10. The molecule has 2 heterocycles. The van der Waals surface area contributed by atoms with Gasteiger partial charge >= 0.3 is 5.97 Å². The Morgan fingerprint density at radius 1 is 1.27 bits per heavy atom. The minimum absolute atomic E-state index is 0.279. The van der Waals surface area contributed by atoms with Crippen molar-refractivity contribution in [1.29, 1.82) is 0 Å². The summed E-state index contributed by atoms with van der Waals surface area (Å²) >= 11 is 1.57. The fourth-order valence-electron chi connectivity index (χ4n) is 2.99.